The van der Waals surface area contributed by atoms with Crippen molar-refractivity contribution in [3.05, 3.63) is 35.4 Å². The van der Waals surface area contributed by atoms with E-state index in [4.69, 9.17) is 0 Å². The Balaban J connectivity index is 0.000000187. The van der Waals surface area contributed by atoms with Gasteiger partial charge in [-0.05, 0) is 69.8 Å². The van der Waals surface area contributed by atoms with Gasteiger partial charge in [-0.15, -0.1) is 0 Å². The van der Waals surface area contributed by atoms with Crippen LogP contribution in [0.1, 0.15) is 50.7 Å². The van der Waals surface area contributed by atoms with Gasteiger partial charge in [0.15, 0.2) is 0 Å². The molecule has 0 atom stereocenters. The SMILES string of the molecule is CCCN(C)CCC.c1ccc2c(c1)CCCC2. The average Bonchev–Trinajstić information content (AvgIpc) is 2.40. The van der Waals surface area contributed by atoms with Crippen molar-refractivity contribution in [1.82, 2.24) is 4.90 Å². The lowest BCUT2D eigenvalue weighted by Crippen LogP contribution is -2.19. The van der Waals surface area contributed by atoms with Crippen molar-refractivity contribution in [1.29, 1.82) is 0 Å². The third-order valence-electron chi connectivity index (χ3n) is 3.47. The van der Waals surface area contributed by atoms with E-state index in [1.54, 1.807) is 11.1 Å². The van der Waals surface area contributed by atoms with Crippen LogP contribution in [0.15, 0.2) is 24.3 Å². The van der Waals surface area contributed by atoms with Gasteiger partial charge in [-0.1, -0.05) is 38.1 Å². The van der Waals surface area contributed by atoms with E-state index in [1.165, 1.54) is 51.6 Å². The van der Waals surface area contributed by atoms with Gasteiger partial charge < -0.3 is 4.90 Å². The summed E-state index contributed by atoms with van der Waals surface area (Å²) in [7, 11) is 2.17. The van der Waals surface area contributed by atoms with Crippen molar-refractivity contribution in [3.63, 3.8) is 0 Å². The zero-order chi connectivity index (χ0) is 13.2. The molecule has 18 heavy (non-hydrogen) atoms. The van der Waals surface area contributed by atoms with Gasteiger partial charge in [0.25, 0.3) is 0 Å². The zero-order valence-electron chi connectivity index (χ0n) is 12.4. The van der Waals surface area contributed by atoms with E-state index in [0.717, 1.165) is 0 Å². The molecule has 1 nitrogen and oxygen atoms in total. The van der Waals surface area contributed by atoms with Crippen molar-refractivity contribution in [2.24, 2.45) is 0 Å². The van der Waals surface area contributed by atoms with Gasteiger partial charge in [-0.2, -0.15) is 0 Å². The quantitative estimate of drug-likeness (QED) is 0.766. The maximum absolute atomic E-state index is 2.36. The van der Waals surface area contributed by atoms with Crippen molar-refractivity contribution < 1.29 is 0 Å². The van der Waals surface area contributed by atoms with E-state index in [2.05, 4.69) is 50.1 Å². The summed E-state index contributed by atoms with van der Waals surface area (Å²) in [6.07, 6.45) is 7.92. The van der Waals surface area contributed by atoms with Gasteiger partial charge >= 0.3 is 0 Å². The molecule has 0 bridgehead atoms. The van der Waals surface area contributed by atoms with Gasteiger partial charge in [-0.3, -0.25) is 0 Å². The maximum atomic E-state index is 2.36. The summed E-state index contributed by atoms with van der Waals surface area (Å²) in [4.78, 5) is 2.36. The fourth-order valence-corrected chi connectivity index (χ4v) is 2.55. The fraction of sp³-hybridized carbons (Fsp3) is 0.647. The average molecular weight is 247 g/mol. The van der Waals surface area contributed by atoms with Crippen LogP contribution in [0.2, 0.25) is 0 Å². The Morgan fingerprint density at radius 2 is 1.33 bits per heavy atom. The summed E-state index contributed by atoms with van der Waals surface area (Å²) in [6.45, 7) is 6.92. The molecule has 1 aliphatic rings. The van der Waals surface area contributed by atoms with Crippen LogP contribution in [0.25, 0.3) is 0 Å². The summed E-state index contributed by atoms with van der Waals surface area (Å²) in [6, 6.07) is 8.80. The van der Waals surface area contributed by atoms with Gasteiger partial charge in [0.2, 0.25) is 0 Å². The highest BCUT2D eigenvalue weighted by atomic mass is 15.1. The first-order valence-electron chi connectivity index (χ1n) is 7.53. The predicted molar refractivity (Wildman–Crippen MR) is 81.2 cm³/mol. The van der Waals surface area contributed by atoms with Gasteiger partial charge in [0.05, 0.1) is 0 Å². The lowest BCUT2D eigenvalue weighted by molar-refractivity contribution is 0.335. The molecule has 0 radical (unpaired) electrons. The summed E-state index contributed by atoms with van der Waals surface area (Å²) in [5, 5.41) is 0. The van der Waals surface area contributed by atoms with Gasteiger partial charge in [0, 0.05) is 0 Å². The van der Waals surface area contributed by atoms with Crippen molar-refractivity contribution in [3.8, 4) is 0 Å². The molecule has 0 amide bonds. The number of nitrogens with zero attached hydrogens (tertiary/aromatic N) is 1. The van der Waals surface area contributed by atoms with Crippen LogP contribution in [0, 0.1) is 0 Å². The van der Waals surface area contributed by atoms with Crippen molar-refractivity contribution in [2.75, 3.05) is 20.1 Å². The molecule has 1 aromatic rings. The fourth-order valence-electron chi connectivity index (χ4n) is 2.55. The Kier molecular flexibility index (Phi) is 7.75. The predicted octanol–water partition coefficient (Wildman–Crippen LogP) is 4.30. The third-order valence-corrected chi connectivity index (χ3v) is 3.47. The first-order valence-corrected chi connectivity index (χ1v) is 7.53. The largest absolute Gasteiger partial charge is 0.306 e. The van der Waals surface area contributed by atoms with Crippen LogP contribution in [-0.2, 0) is 12.8 Å². The lowest BCUT2D eigenvalue weighted by Gasteiger charge is -2.13. The van der Waals surface area contributed by atoms with E-state index in [0.29, 0.717) is 0 Å². The second-order valence-electron chi connectivity index (χ2n) is 5.28. The summed E-state index contributed by atoms with van der Waals surface area (Å²) in [5.74, 6) is 0. The van der Waals surface area contributed by atoms with Crippen LogP contribution < -0.4 is 0 Å². The molecule has 0 N–H and O–H groups in total. The molecule has 0 aromatic heterocycles. The highest BCUT2D eigenvalue weighted by Gasteiger charge is 2.05. The molecule has 0 saturated heterocycles. The highest BCUT2D eigenvalue weighted by molar-refractivity contribution is 5.28. The first kappa shape index (κ1) is 15.2. The monoisotopic (exact) mass is 247 g/mol. The van der Waals surface area contributed by atoms with Crippen LogP contribution in [0.4, 0.5) is 0 Å². The summed E-state index contributed by atoms with van der Waals surface area (Å²) < 4.78 is 0. The van der Waals surface area contributed by atoms with Crippen molar-refractivity contribution >= 4 is 0 Å². The summed E-state index contributed by atoms with van der Waals surface area (Å²) >= 11 is 0. The molecular weight excluding hydrogens is 218 g/mol. The Morgan fingerprint density at radius 1 is 0.889 bits per heavy atom. The minimum atomic E-state index is 1.24. The zero-order valence-corrected chi connectivity index (χ0v) is 12.4. The second-order valence-corrected chi connectivity index (χ2v) is 5.28. The Hall–Kier alpha value is -0.820. The first-order chi connectivity index (χ1) is 8.77. The van der Waals surface area contributed by atoms with Gasteiger partial charge in [-0.25, -0.2) is 0 Å². The molecular formula is C17H29N. The number of aryl methyl sites for hydroxylation is 2. The van der Waals surface area contributed by atoms with Crippen LogP contribution >= 0.6 is 0 Å². The number of rotatable bonds is 4. The standard InChI is InChI=1S/C10H12.C7H17N/c1-2-6-10-8-4-3-7-9(10)5-1;1-4-6-8(3)7-5-2/h1-2,5-6H,3-4,7-8H2;4-7H2,1-3H3. The Morgan fingerprint density at radius 3 is 1.72 bits per heavy atom. The molecule has 0 heterocycles. The van der Waals surface area contributed by atoms with E-state index in [1.807, 2.05) is 0 Å². The minimum Gasteiger partial charge on any atom is -0.306 e. The van der Waals surface area contributed by atoms with E-state index in [-0.39, 0.29) is 0 Å². The molecule has 102 valence electrons. The Bertz CT molecular complexity index is 288. The van der Waals surface area contributed by atoms with Crippen LogP contribution in [0.5, 0.6) is 0 Å². The number of hydrogen-bond donors (Lipinski definition) is 0. The molecule has 1 aliphatic carbocycles. The second kappa shape index (κ2) is 9.16. The minimum absolute atomic E-state index is 1.24. The molecule has 0 saturated carbocycles. The van der Waals surface area contributed by atoms with E-state index in [9.17, 15) is 0 Å². The number of hydrogen-bond acceptors (Lipinski definition) is 1. The Labute approximate surface area is 113 Å². The number of benzene rings is 1. The highest BCUT2D eigenvalue weighted by Crippen LogP contribution is 2.19. The van der Waals surface area contributed by atoms with Crippen LogP contribution in [0.3, 0.4) is 0 Å². The summed E-state index contributed by atoms with van der Waals surface area (Å²) in [5.41, 5.74) is 3.16. The molecule has 0 spiro atoms. The number of fused-ring (bicyclic) bond motifs is 1. The molecule has 1 aromatic carbocycles. The smallest absolute Gasteiger partial charge is 0.00244 e. The molecule has 0 aliphatic heterocycles. The molecule has 0 unspecified atom stereocenters. The van der Waals surface area contributed by atoms with Crippen molar-refractivity contribution in [2.45, 2.75) is 52.4 Å². The van der Waals surface area contributed by atoms with E-state index < -0.39 is 0 Å². The normalized spacial score (nSPS) is 13.8. The molecule has 0 fully saturated rings. The van der Waals surface area contributed by atoms with E-state index >= 15 is 0 Å². The lowest BCUT2D eigenvalue weighted by atomic mass is 9.92. The van der Waals surface area contributed by atoms with Crippen LogP contribution in [-0.4, -0.2) is 25.0 Å². The maximum Gasteiger partial charge on any atom is -0.00244 e. The molecule has 1 heteroatoms. The molecule has 2 rings (SSSR count). The topological polar surface area (TPSA) is 3.24 Å². The van der Waals surface area contributed by atoms with Gasteiger partial charge in [0.1, 0.15) is 0 Å². The third kappa shape index (κ3) is 5.68.